The first-order valence-corrected chi connectivity index (χ1v) is 11.2. The highest BCUT2D eigenvalue weighted by Gasteiger charge is 2.31. The number of likely N-dealkylation sites (N-methyl/N-ethyl adjacent to an activating group) is 1. The molecular formula is C21H24N6O2S. The molecule has 3 aromatic rings. The van der Waals surface area contributed by atoms with Gasteiger partial charge in [0.15, 0.2) is 10.8 Å². The van der Waals surface area contributed by atoms with Crippen molar-refractivity contribution in [3.8, 4) is 5.69 Å². The number of carbonyl (C=O) groups excluding carboxylic acids is 1. The highest BCUT2D eigenvalue weighted by atomic mass is 32.2. The van der Waals surface area contributed by atoms with Gasteiger partial charge in [0.25, 0.3) is 5.56 Å². The molecule has 0 aliphatic carbocycles. The van der Waals surface area contributed by atoms with Crippen molar-refractivity contribution >= 4 is 28.7 Å². The zero-order valence-electron chi connectivity index (χ0n) is 17.1. The van der Waals surface area contributed by atoms with E-state index >= 15 is 0 Å². The molecule has 0 bridgehead atoms. The van der Waals surface area contributed by atoms with Crippen LogP contribution in [0.15, 0.2) is 40.4 Å². The minimum atomic E-state index is -0.163. The number of hydrogen-bond acceptors (Lipinski definition) is 6. The van der Waals surface area contributed by atoms with E-state index in [1.807, 2.05) is 36.1 Å². The summed E-state index contributed by atoms with van der Waals surface area (Å²) in [6.07, 6.45) is 1.92. The summed E-state index contributed by atoms with van der Waals surface area (Å²) in [5.41, 5.74) is 2.45. The van der Waals surface area contributed by atoms with Crippen molar-refractivity contribution in [1.29, 1.82) is 0 Å². The highest BCUT2D eigenvalue weighted by Crippen LogP contribution is 2.33. The Morgan fingerprint density at radius 1 is 1.23 bits per heavy atom. The van der Waals surface area contributed by atoms with Crippen molar-refractivity contribution in [3.05, 3.63) is 46.4 Å². The van der Waals surface area contributed by atoms with Gasteiger partial charge in [-0.05, 0) is 31.7 Å². The van der Waals surface area contributed by atoms with Gasteiger partial charge in [0, 0.05) is 38.4 Å². The van der Waals surface area contributed by atoms with E-state index < -0.39 is 0 Å². The summed E-state index contributed by atoms with van der Waals surface area (Å²) < 4.78 is 3.41. The van der Waals surface area contributed by atoms with Crippen LogP contribution >= 0.6 is 11.8 Å². The van der Waals surface area contributed by atoms with E-state index in [9.17, 15) is 9.59 Å². The maximum atomic E-state index is 13.3. The van der Waals surface area contributed by atoms with Crippen molar-refractivity contribution in [2.75, 3.05) is 39.0 Å². The third-order valence-electron chi connectivity index (χ3n) is 5.88. The average molecular weight is 425 g/mol. The second-order valence-electron chi connectivity index (χ2n) is 8.06. The van der Waals surface area contributed by atoms with Gasteiger partial charge in [-0.3, -0.25) is 14.2 Å². The van der Waals surface area contributed by atoms with Gasteiger partial charge in [-0.2, -0.15) is 5.10 Å². The molecule has 1 atom stereocenters. The van der Waals surface area contributed by atoms with E-state index in [-0.39, 0.29) is 17.5 Å². The predicted molar refractivity (Wildman–Crippen MR) is 116 cm³/mol. The molecule has 30 heavy (non-hydrogen) atoms. The molecule has 4 heterocycles. The quantitative estimate of drug-likeness (QED) is 0.596. The van der Waals surface area contributed by atoms with Crippen molar-refractivity contribution in [3.63, 3.8) is 0 Å². The molecule has 0 N–H and O–H groups in total. The van der Waals surface area contributed by atoms with Crippen LogP contribution in [-0.2, 0) is 4.79 Å². The van der Waals surface area contributed by atoms with E-state index in [1.165, 1.54) is 11.8 Å². The molecule has 2 aliphatic heterocycles. The van der Waals surface area contributed by atoms with Crippen molar-refractivity contribution in [1.82, 2.24) is 29.1 Å². The molecule has 1 saturated heterocycles. The second-order valence-corrected chi connectivity index (χ2v) is 9.04. The third kappa shape index (κ3) is 3.31. The number of rotatable bonds is 3. The maximum Gasteiger partial charge on any atom is 0.265 e. The Hall–Kier alpha value is -2.65. The lowest BCUT2D eigenvalue weighted by Crippen LogP contribution is -2.47. The fraction of sp³-hybridized carbons (Fsp3) is 0.429. The monoisotopic (exact) mass is 424 g/mol. The Kier molecular flexibility index (Phi) is 4.86. The molecule has 8 nitrogen and oxygen atoms in total. The lowest BCUT2D eigenvalue weighted by Gasteiger charge is -2.33. The summed E-state index contributed by atoms with van der Waals surface area (Å²) in [5.74, 6) is 0.802. The molecule has 2 aromatic heterocycles. The largest absolute Gasteiger partial charge is 0.340 e. The Morgan fingerprint density at radius 2 is 2.03 bits per heavy atom. The van der Waals surface area contributed by atoms with Crippen LogP contribution in [0.1, 0.15) is 18.0 Å². The lowest BCUT2D eigenvalue weighted by atomic mass is 10.2. The van der Waals surface area contributed by atoms with E-state index in [2.05, 4.69) is 17.0 Å². The van der Waals surface area contributed by atoms with Crippen LogP contribution in [0.5, 0.6) is 0 Å². The van der Waals surface area contributed by atoms with Crippen molar-refractivity contribution in [2.24, 2.45) is 0 Å². The van der Waals surface area contributed by atoms with Crippen molar-refractivity contribution in [2.45, 2.75) is 24.5 Å². The van der Waals surface area contributed by atoms with Gasteiger partial charge >= 0.3 is 0 Å². The van der Waals surface area contributed by atoms with Gasteiger partial charge in [-0.1, -0.05) is 23.9 Å². The van der Waals surface area contributed by atoms with Gasteiger partial charge in [-0.15, -0.1) is 0 Å². The molecule has 1 amide bonds. The number of aryl methyl sites for hydroxylation is 1. The van der Waals surface area contributed by atoms with Gasteiger partial charge in [-0.25, -0.2) is 9.67 Å². The highest BCUT2D eigenvalue weighted by molar-refractivity contribution is 7.99. The zero-order valence-corrected chi connectivity index (χ0v) is 17.9. The summed E-state index contributed by atoms with van der Waals surface area (Å²) in [7, 11) is 2.07. The van der Waals surface area contributed by atoms with Crippen molar-refractivity contribution < 1.29 is 4.79 Å². The van der Waals surface area contributed by atoms with E-state index in [0.717, 1.165) is 37.4 Å². The normalized spacial score (nSPS) is 19.4. The molecule has 0 radical (unpaired) electrons. The number of piperazine rings is 1. The molecular weight excluding hydrogens is 400 g/mol. The van der Waals surface area contributed by atoms with Gasteiger partial charge < -0.3 is 9.80 Å². The van der Waals surface area contributed by atoms with Crippen LogP contribution in [-0.4, -0.2) is 74.0 Å². The summed E-state index contributed by atoms with van der Waals surface area (Å²) in [6, 6.07) is 7.80. The smallest absolute Gasteiger partial charge is 0.265 e. The molecule has 1 unspecified atom stereocenters. The molecule has 9 heteroatoms. The van der Waals surface area contributed by atoms with Crippen LogP contribution in [0.3, 0.4) is 0 Å². The van der Waals surface area contributed by atoms with E-state index in [0.29, 0.717) is 28.4 Å². The number of nitrogens with zero attached hydrogens (tertiary/aromatic N) is 6. The van der Waals surface area contributed by atoms with Gasteiger partial charge in [0.05, 0.1) is 17.9 Å². The fourth-order valence-electron chi connectivity index (χ4n) is 4.12. The van der Waals surface area contributed by atoms with E-state index in [4.69, 9.17) is 4.98 Å². The number of thioether (sulfide) groups is 1. The molecule has 1 aromatic carbocycles. The zero-order chi connectivity index (χ0) is 20.8. The minimum absolute atomic E-state index is 0.115. The van der Waals surface area contributed by atoms with Crippen LogP contribution in [0.25, 0.3) is 16.7 Å². The number of aromatic nitrogens is 4. The third-order valence-corrected chi connectivity index (χ3v) is 6.98. The minimum Gasteiger partial charge on any atom is -0.340 e. The summed E-state index contributed by atoms with van der Waals surface area (Å²) in [6.45, 7) is 5.30. The standard InChI is InChI=1S/C21H24N6O2S/c1-14-4-3-5-15(10-14)27-19-17(12-22-27)20(29)26-16(13-30-21(26)23-19)11-18(28)25-8-6-24(2)7-9-25/h3-5,10,12,16H,6-9,11,13H2,1-2H3. The van der Waals surface area contributed by atoms with Crippen LogP contribution in [0.4, 0.5) is 0 Å². The second kappa shape index (κ2) is 7.55. The molecule has 156 valence electrons. The lowest BCUT2D eigenvalue weighted by molar-refractivity contribution is -0.133. The SMILES string of the molecule is Cc1cccc(-n2ncc3c(=O)n4c(nc32)SCC4CC(=O)N2CCN(C)CC2)c1. The predicted octanol–water partition coefficient (Wildman–Crippen LogP) is 1.70. The summed E-state index contributed by atoms with van der Waals surface area (Å²) in [5, 5.41) is 5.58. The average Bonchev–Trinajstić information content (AvgIpc) is 3.33. The summed E-state index contributed by atoms with van der Waals surface area (Å²) >= 11 is 1.54. The summed E-state index contributed by atoms with van der Waals surface area (Å²) in [4.78, 5) is 35.0. The molecule has 0 spiro atoms. The first kappa shape index (κ1) is 19.3. The maximum absolute atomic E-state index is 13.3. The Bertz CT molecular complexity index is 1180. The number of carbonyl (C=O) groups is 1. The molecule has 0 saturated carbocycles. The first-order valence-electron chi connectivity index (χ1n) is 10.2. The van der Waals surface area contributed by atoms with Crippen LogP contribution in [0.2, 0.25) is 0 Å². The fourth-order valence-corrected chi connectivity index (χ4v) is 5.25. The Morgan fingerprint density at radius 3 is 2.80 bits per heavy atom. The Labute approximate surface area is 178 Å². The Balaban J connectivity index is 1.46. The number of hydrogen-bond donors (Lipinski definition) is 0. The number of fused-ring (bicyclic) bond motifs is 2. The number of amides is 1. The first-order chi connectivity index (χ1) is 14.5. The number of benzene rings is 1. The molecule has 5 rings (SSSR count). The van der Waals surface area contributed by atoms with E-state index in [1.54, 1.807) is 15.4 Å². The van der Waals surface area contributed by atoms with Gasteiger partial charge in [0.1, 0.15) is 5.39 Å². The van der Waals surface area contributed by atoms with Gasteiger partial charge in [0.2, 0.25) is 5.91 Å². The molecule has 1 fully saturated rings. The van der Waals surface area contributed by atoms with Crippen LogP contribution in [0, 0.1) is 6.92 Å². The molecule has 2 aliphatic rings. The topological polar surface area (TPSA) is 76.3 Å². The van der Waals surface area contributed by atoms with Crippen LogP contribution < -0.4 is 5.56 Å².